The van der Waals surface area contributed by atoms with Crippen molar-refractivity contribution in [3.8, 4) is 0 Å². The quantitative estimate of drug-likeness (QED) is 0.722. The average molecular weight is 328 g/mol. The van der Waals surface area contributed by atoms with E-state index in [1.54, 1.807) is 6.07 Å². The fraction of sp³-hybridized carbons (Fsp3) is 0.353. The molecule has 23 heavy (non-hydrogen) atoms. The molecule has 6 heteroatoms. The number of aryl methyl sites for hydroxylation is 2. The van der Waals surface area contributed by atoms with Crippen molar-refractivity contribution < 1.29 is 0 Å². The summed E-state index contributed by atoms with van der Waals surface area (Å²) in [5.41, 5.74) is 3.23. The maximum atomic E-state index is 12.1. The van der Waals surface area contributed by atoms with Gasteiger partial charge in [0.15, 0.2) is 0 Å². The van der Waals surface area contributed by atoms with Crippen LogP contribution in [-0.4, -0.2) is 21.1 Å². The van der Waals surface area contributed by atoms with E-state index in [0.29, 0.717) is 4.96 Å². The van der Waals surface area contributed by atoms with Gasteiger partial charge in [0.25, 0.3) is 5.56 Å². The van der Waals surface area contributed by atoms with Crippen molar-refractivity contribution in [3.63, 3.8) is 0 Å². The van der Waals surface area contributed by atoms with Crippen molar-refractivity contribution in [1.82, 2.24) is 14.6 Å². The van der Waals surface area contributed by atoms with Crippen molar-refractivity contribution in [3.05, 3.63) is 57.5 Å². The molecular weight excluding hydrogens is 308 g/mol. The van der Waals surface area contributed by atoms with E-state index in [9.17, 15) is 4.79 Å². The second kappa shape index (κ2) is 6.50. The molecule has 0 aliphatic rings. The summed E-state index contributed by atoms with van der Waals surface area (Å²) in [5, 5.41) is 5.30. The molecule has 5 nitrogen and oxygen atoms in total. The molecule has 2 aromatic heterocycles. The van der Waals surface area contributed by atoms with Gasteiger partial charge in [-0.1, -0.05) is 42.5 Å². The first-order valence-corrected chi connectivity index (χ1v) is 8.63. The van der Waals surface area contributed by atoms with Gasteiger partial charge in [-0.2, -0.15) is 4.52 Å². The lowest BCUT2D eigenvalue weighted by molar-refractivity contribution is 0.789. The minimum Gasteiger partial charge on any atom is -0.343 e. The highest BCUT2D eigenvalue weighted by molar-refractivity contribution is 7.20. The number of anilines is 1. The van der Waals surface area contributed by atoms with E-state index in [2.05, 4.69) is 41.0 Å². The molecule has 0 amide bonds. The lowest BCUT2D eigenvalue weighted by Crippen LogP contribution is -2.23. The topological polar surface area (TPSA) is 50.5 Å². The molecule has 120 valence electrons. The monoisotopic (exact) mass is 328 g/mol. The van der Waals surface area contributed by atoms with E-state index >= 15 is 0 Å². The Morgan fingerprint density at radius 1 is 1.26 bits per heavy atom. The molecule has 0 fully saturated rings. The van der Waals surface area contributed by atoms with Gasteiger partial charge in [0.05, 0.1) is 0 Å². The van der Waals surface area contributed by atoms with Gasteiger partial charge in [-0.3, -0.25) is 4.79 Å². The SMILES string of the molecule is CCc1cc(=O)n2nc(N(CC)Cc3ccccc3C)sc2n1. The van der Waals surface area contributed by atoms with Crippen LogP contribution in [0, 0.1) is 6.92 Å². The minimum absolute atomic E-state index is 0.110. The Bertz CT molecular complexity index is 884. The molecule has 0 saturated heterocycles. The Balaban J connectivity index is 1.98. The summed E-state index contributed by atoms with van der Waals surface area (Å²) in [6.07, 6.45) is 0.750. The smallest absolute Gasteiger partial charge is 0.275 e. The van der Waals surface area contributed by atoms with Crippen molar-refractivity contribution in [1.29, 1.82) is 0 Å². The van der Waals surface area contributed by atoms with E-state index < -0.39 is 0 Å². The summed E-state index contributed by atoms with van der Waals surface area (Å²) in [6, 6.07) is 9.90. The zero-order chi connectivity index (χ0) is 16.4. The molecule has 0 bridgehead atoms. The van der Waals surface area contributed by atoms with Crippen LogP contribution in [0.5, 0.6) is 0 Å². The predicted octanol–water partition coefficient (Wildman–Crippen LogP) is 3.05. The van der Waals surface area contributed by atoms with E-state index in [0.717, 1.165) is 30.3 Å². The maximum Gasteiger partial charge on any atom is 0.275 e. The molecule has 0 saturated carbocycles. The first kappa shape index (κ1) is 15.7. The third kappa shape index (κ3) is 3.12. The van der Waals surface area contributed by atoms with E-state index in [1.165, 1.54) is 27.0 Å². The Labute approximate surface area is 139 Å². The van der Waals surface area contributed by atoms with Crippen LogP contribution < -0.4 is 10.5 Å². The maximum absolute atomic E-state index is 12.1. The standard InChI is InChI=1S/C17H20N4OS/c1-4-14-10-15(22)21-16(18-14)23-17(19-21)20(5-2)11-13-9-7-6-8-12(13)3/h6-10H,4-5,11H2,1-3H3. The molecule has 0 atom stereocenters. The third-order valence-corrected chi connectivity index (χ3v) is 4.89. The molecule has 0 N–H and O–H groups in total. The number of benzene rings is 1. The second-order valence-electron chi connectivity index (χ2n) is 5.46. The second-order valence-corrected chi connectivity index (χ2v) is 6.39. The van der Waals surface area contributed by atoms with E-state index in [4.69, 9.17) is 0 Å². The molecule has 0 aliphatic carbocycles. The predicted molar refractivity (Wildman–Crippen MR) is 94.4 cm³/mol. The molecule has 3 aromatic rings. The van der Waals surface area contributed by atoms with E-state index in [-0.39, 0.29) is 5.56 Å². The number of hydrogen-bond donors (Lipinski definition) is 0. The number of nitrogens with zero attached hydrogens (tertiary/aromatic N) is 4. The van der Waals surface area contributed by atoms with Gasteiger partial charge in [0, 0.05) is 24.8 Å². The van der Waals surface area contributed by atoms with Crippen LogP contribution in [0.1, 0.15) is 30.7 Å². The summed E-state index contributed by atoms with van der Waals surface area (Å²) in [4.78, 5) is 19.5. The third-order valence-electron chi connectivity index (χ3n) is 3.92. The van der Waals surface area contributed by atoms with Crippen LogP contribution in [-0.2, 0) is 13.0 Å². The van der Waals surface area contributed by atoms with Crippen LogP contribution in [0.3, 0.4) is 0 Å². The number of rotatable bonds is 5. The first-order valence-electron chi connectivity index (χ1n) is 7.81. The van der Waals surface area contributed by atoms with Gasteiger partial charge in [0.1, 0.15) is 0 Å². The van der Waals surface area contributed by atoms with Crippen LogP contribution in [0.25, 0.3) is 4.96 Å². The molecule has 0 unspecified atom stereocenters. The van der Waals surface area contributed by atoms with Gasteiger partial charge in [-0.15, -0.1) is 5.10 Å². The zero-order valence-corrected chi connectivity index (χ0v) is 14.4. The van der Waals surface area contributed by atoms with Crippen LogP contribution in [0.15, 0.2) is 35.1 Å². The van der Waals surface area contributed by atoms with E-state index in [1.807, 2.05) is 19.1 Å². The minimum atomic E-state index is -0.110. The first-order chi connectivity index (χ1) is 11.1. The molecular formula is C17H20N4OS. The van der Waals surface area contributed by atoms with Crippen LogP contribution in [0.4, 0.5) is 5.13 Å². The highest BCUT2D eigenvalue weighted by Crippen LogP contribution is 2.23. The largest absolute Gasteiger partial charge is 0.343 e. The number of aromatic nitrogens is 3. The Hall–Kier alpha value is -2.21. The van der Waals surface area contributed by atoms with Gasteiger partial charge in [0.2, 0.25) is 10.1 Å². The van der Waals surface area contributed by atoms with Gasteiger partial charge >= 0.3 is 0 Å². The molecule has 0 spiro atoms. The van der Waals surface area contributed by atoms with Crippen molar-refractivity contribution in [2.75, 3.05) is 11.4 Å². The Morgan fingerprint density at radius 2 is 2.04 bits per heavy atom. The fourth-order valence-electron chi connectivity index (χ4n) is 2.46. The molecule has 2 heterocycles. The number of fused-ring (bicyclic) bond motifs is 1. The van der Waals surface area contributed by atoms with Crippen molar-refractivity contribution in [2.45, 2.75) is 33.7 Å². The number of hydrogen-bond acceptors (Lipinski definition) is 5. The fourth-order valence-corrected chi connectivity index (χ4v) is 3.45. The van der Waals surface area contributed by atoms with Gasteiger partial charge < -0.3 is 4.90 Å². The lowest BCUT2D eigenvalue weighted by Gasteiger charge is -2.20. The average Bonchev–Trinajstić information content (AvgIpc) is 2.98. The summed E-state index contributed by atoms with van der Waals surface area (Å²) in [7, 11) is 0. The highest BCUT2D eigenvalue weighted by Gasteiger charge is 2.14. The van der Waals surface area contributed by atoms with Crippen LogP contribution >= 0.6 is 11.3 Å². The molecule has 0 aliphatic heterocycles. The zero-order valence-electron chi connectivity index (χ0n) is 13.6. The summed E-state index contributed by atoms with van der Waals surface area (Å²) in [5.74, 6) is 0. The highest BCUT2D eigenvalue weighted by atomic mass is 32.1. The van der Waals surface area contributed by atoms with Gasteiger partial charge in [-0.25, -0.2) is 4.98 Å². The van der Waals surface area contributed by atoms with Crippen molar-refractivity contribution in [2.24, 2.45) is 0 Å². The van der Waals surface area contributed by atoms with Crippen LogP contribution in [0.2, 0.25) is 0 Å². The normalized spacial score (nSPS) is 11.1. The van der Waals surface area contributed by atoms with Gasteiger partial charge in [-0.05, 0) is 31.4 Å². The Morgan fingerprint density at radius 3 is 2.74 bits per heavy atom. The molecule has 0 radical (unpaired) electrons. The molecule has 3 rings (SSSR count). The summed E-state index contributed by atoms with van der Waals surface area (Å²) in [6.45, 7) is 7.80. The summed E-state index contributed by atoms with van der Waals surface area (Å²) >= 11 is 1.47. The Kier molecular flexibility index (Phi) is 4.43. The van der Waals surface area contributed by atoms with Crippen molar-refractivity contribution >= 4 is 21.4 Å². The molecule has 1 aromatic carbocycles. The lowest BCUT2D eigenvalue weighted by atomic mass is 10.1. The summed E-state index contributed by atoms with van der Waals surface area (Å²) < 4.78 is 1.40.